The lowest BCUT2D eigenvalue weighted by Gasteiger charge is -2.33. The van der Waals surface area contributed by atoms with Gasteiger partial charge in [0.1, 0.15) is 0 Å². The van der Waals surface area contributed by atoms with Crippen LogP contribution in [0.4, 0.5) is 5.82 Å². The van der Waals surface area contributed by atoms with E-state index in [0.29, 0.717) is 32.1 Å². The molecular formula is C24H29N7O3S2. The SMILES string of the molecule is CS(=O)(=O)N1CCN(CCc2cc3nc(-c4cccc5[nH]ncc45)nc(N4CCOCC4)c3s2)CC1. The highest BCUT2D eigenvalue weighted by Crippen LogP contribution is 2.36. The second-order valence-electron chi connectivity index (χ2n) is 9.29. The molecule has 2 saturated heterocycles. The molecule has 12 heteroatoms. The van der Waals surface area contributed by atoms with Crippen LogP contribution >= 0.6 is 11.3 Å². The fourth-order valence-electron chi connectivity index (χ4n) is 4.91. The molecular weight excluding hydrogens is 498 g/mol. The average molecular weight is 528 g/mol. The van der Waals surface area contributed by atoms with E-state index in [1.165, 1.54) is 11.1 Å². The number of morpholine rings is 1. The lowest BCUT2D eigenvalue weighted by Crippen LogP contribution is -2.48. The van der Waals surface area contributed by atoms with Crippen molar-refractivity contribution < 1.29 is 13.2 Å². The number of anilines is 1. The number of H-pyrrole nitrogens is 1. The molecule has 0 unspecified atom stereocenters. The number of nitrogens with one attached hydrogen (secondary N) is 1. The minimum Gasteiger partial charge on any atom is -0.378 e. The van der Waals surface area contributed by atoms with Gasteiger partial charge in [-0.05, 0) is 18.6 Å². The number of nitrogens with zero attached hydrogens (tertiary/aromatic N) is 6. The first kappa shape index (κ1) is 23.7. The third kappa shape index (κ3) is 4.71. The molecule has 0 spiro atoms. The van der Waals surface area contributed by atoms with Gasteiger partial charge < -0.3 is 14.5 Å². The zero-order valence-corrected chi connectivity index (χ0v) is 21.8. The number of hydrogen-bond acceptors (Lipinski definition) is 9. The highest BCUT2D eigenvalue weighted by molar-refractivity contribution is 7.88. The van der Waals surface area contributed by atoms with Crippen LogP contribution < -0.4 is 4.90 Å². The molecule has 190 valence electrons. The van der Waals surface area contributed by atoms with E-state index in [0.717, 1.165) is 71.6 Å². The van der Waals surface area contributed by atoms with Gasteiger partial charge >= 0.3 is 0 Å². The van der Waals surface area contributed by atoms with Crippen molar-refractivity contribution in [3.8, 4) is 11.4 Å². The van der Waals surface area contributed by atoms with Gasteiger partial charge in [-0.3, -0.25) is 5.10 Å². The fraction of sp³-hybridized carbons (Fsp3) is 0.458. The molecule has 2 aliphatic heterocycles. The largest absolute Gasteiger partial charge is 0.378 e. The summed E-state index contributed by atoms with van der Waals surface area (Å²) in [5.74, 6) is 1.68. The first-order valence-electron chi connectivity index (χ1n) is 12.2. The number of hydrogen-bond donors (Lipinski definition) is 1. The van der Waals surface area contributed by atoms with Gasteiger partial charge in [0.2, 0.25) is 10.0 Å². The first-order chi connectivity index (χ1) is 17.5. The molecule has 4 aromatic rings. The number of ether oxygens (including phenoxy) is 1. The van der Waals surface area contributed by atoms with Crippen LogP contribution in [0.2, 0.25) is 0 Å². The smallest absolute Gasteiger partial charge is 0.211 e. The van der Waals surface area contributed by atoms with Crippen molar-refractivity contribution in [3.05, 3.63) is 35.3 Å². The predicted octanol–water partition coefficient (Wildman–Crippen LogP) is 2.19. The van der Waals surface area contributed by atoms with E-state index < -0.39 is 10.0 Å². The number of piperazine rings is 1. The lowest BCUT2D eigenvalue weighted by molar-refractivity contribution is 0.122. The molecule has 0 bridgehead atoms. The zero-order chi connectivity index (χ0) is 24.7. The predicted molar refractivity (Wildman–Crippen MR) is 142 cm³/mol. The van der Waals surface area contributed by atoms with Crippen LogP contribution in [0.3, 0.4) is 0 Å². The Morgan fingerprint density at radius 3 is 2.67 bits per heavy atom. The fourth-order valence-corrected chi connectivity index (χ4v) is 6.84. The van der Waals surface area contributed by atoms with Crippen LogP contribution in [0.1, 0.15) is 4.88 Å². The summed E-state index contributed by atoms with van der Waals surface area (Å²) in [4.78, 5) is 16.0. The van der Waals surface area contributed by atoms with Crippen molar-refractivity contribution in [1.29, 1.82) is 0 Å². The number of sulfonamides is 1. The zero-order valence-electron chi connectivity index (χ0n) is 20.2. The Morgan fingerprint density at radius 2 is 1.89 bits per heavy atom. The molecule has 2 aliphatic rings. The van der Waals surface area contributed by atoms with Crippen LogP contribution in [0, 0.1) is 0 Å². The maximum absolute atomic E-state index is 11.8. The molecule has 1 aromatic carbocycles. The number of aromatic nitrogens is 4. The molecule has 0 radical (unpaired) electrons. The summed E-state index contributed by atoms with van der Waals surface area (Å²) in [7, 11) is -3.11. The second-order valence-corrected chi connectivity index (χ2v) is 12.4. The van der Waals surface area contributed by atoms with Gasteiger partial charge in [-0.1, -0.05) is 12.1 Å². The molecule has 0 aliphatic carbocycles. The topological polar surface area (TPSA) is 108 Å². The molecule has 1 N–H and O–H groups in total. The van der Waals surface area contributed by atoms with Gasteiger partial charge in [-0.15, -0.1) is 11.3 Å². The molecule has 5 heterocycles. The van der Waals surface area contributed by atoms with Crippen LogP contribution in [-0.4, -0.2) is 103 Å². The van der Waals surface area contributed by atoms with Crippen LogP contribution in [-0.2, 0) is 21.2 Å². The van der Waals surface area contributed by atoms with E-state index in [4.69, 9.17) is 14.7 Å². The highest BCUT2D eigenvalue weighted by atomic mass is 32.2. The second kappa shape index (κ2) is 9.67. The summed E-state index contributed by atoms with van der Waals surface area (Å²) in [5.41, 5.74) is 2.89. The number of thiophene rings is 1. The molecule has 0 saturated carbocycles. The van der Waals surface area contributed by atoms with Crippen molar-refractivity contribution in [2.45, 2.75) is 6.42 Å². The van der Waals surface area contributed by atoms with Crippen LogP contribution in [0.15, 0.2) is 30.5 Å². The van der Waals surface area contributed by atoms with Crippen molar-refractivity contribution in [1.82, 2.24) is 29.4 Å². The maximum atomic E-state index is 11.8. The van der Waals surface area contributed by atoms with Gasteiger partial charge in [0, 0.05) is 61.6 Å². The number of rotatable bonds is 6. The standard InChI is InChI=1S/C24H29N7O3S2/c1-36(32,33)31-9-7-29(8-10-31)6-5-17-15-21-22(35-17)24(30-11-13-34-14-12-30)27-23(26-21)18-3-2-4-20-19(18)16-25-28-20/h2-4,15-16H,5-14H2,1H3,(H,25,28). The van der Waals surface area contributed by atoms with E-state index >= 15 is 0 Å². The van der Waals surface area contributed by atoms with Gasteiger partial charge in [-0.25, -0.2) is 18.4 Å². The molecule has 2 fully saturated rings. The summed E-state index contributed by atoms with van der Waals surface area (Å²) in [6.07, 6.45) is 4.01. The van der Waals surface area contributed by atoms with Gasteiger partial charge in [-0.2, -0.15) is 9.40 Å². The minimum atomic E-state index is -3.11. The summed E-state index contributed by atoms with van der Waals surface area (Å²) in [5, 5.41) is 8.25. The van der Waals surface area contributed by atoms with E-state index in [1.807, 2.05) is 24.4 Å². The first-order valence-corrected chi connectivity index (χ1v) is 14.9. The molecule has 6 rings (SSSR count). The molecule has 0 amide bonds. The minimum absolute atomic E-state index is 0.556. The normalized spacial score (nSPS) is 18.4. The van der Waals surface area contributed by atoms with Crippen LogP contribution in [0.25, 0.3) is 32.5 Å². The monoisotopic (exact) mass is 527 g/mol. The summed E-state index contributed by atoms with van der Waals surface area (Å²) < 4.78 is 31.9. The van der Waals surface area contributed by atoms with Crippen LogP contribution in [0.5, 0.6) is 0 Å². The molecule has 10 nitrogen and oxygen atoms in total. The third-order valence-electron chi connectivity index (χ3n) is 6.92. The Labute approximate surface area is 213 Å². The van der Waals surface area contributed by atoms with Gasteiger partial charge in [0.05, 0.1) is 41.4 Å². The Balaban J connectivity index is 1.29. The van der Waals surface area contributed by atoms with Crippen molar-refractivity contribution in [3.63, 3.8) is 0 Å². The number of aromatic amines is 1. The highest BCUT2D eigenvalue weighted by Gasteiger charge is 2.24. The van der Waals surface area contributed by atoms with E-state index in [1.54, 1.807) is 15.6 Å². The Hall–Kier alpha value is -2.64. The summed E-state index contributed by atoms with van der Waals surface area (Å²) >= 11 is 1.76. The van der Waals surface area contributed by atoms with Gasteiger partial charge in [0.25, 0.3) is 0 Å². The Morgan fingerprint density at radius 1 is 1.08 bits per heavy atom. The third-order valence-corrected chi connectivity index (χ3v) is 9.40. The van der Waals surface area contributed by atoms with Gasteiger partial charge in [0.15, 0.2) is 11.6 Å². The van der Waals surface area contributed by atoms with Crippen molar-refractivity contribution in [2.24, 2.45) is 0 Å². The quantitative estimate of drug-likeness (QED) is 0.407. The summed E-state index contributed by atoms with van der Waals surface area (Å²) in [6.45, 7) is 6.52. The number of benzene rings is 1. The van der Waals surface area contributed by atoms with E-state index in [-0.39, 0.29) is 0 Å². The summed E-state index contributed by atoms with van der Waals surface area (Å²) in [6, 6.07) is 8.25. The Kier molecular flexibility index (Phi) is 6.38. The van der Waals surface area contributed by atoms with Crippen molar-refractivity contribution in [2.75, 3.05) is 70.2 Å². The van der Waals surface area contributed by atoms with Crippen molar-refractivity contribution >= 4 is 48.3 Å². The van der Waals surface area contributed by atoms with E-state index in [9.17, 15) is 8.42 Å². The molecule has 36 heavy (non-hydrogen) atoms. The maximum Gasteiger partial charge on any atom is 0.211 e. The van der Waals surface area contributed by atoms with E-state index in [2.05, 4.69) is 26.1 Å². The Bertz CT molecular complexity index is 1490. The number of fused-ring (bicyclic) bond motifs is 2. The average Bonchev–Trinajstić information content (AvgIpc) is 3.54. The molecule has 0 atom stereocenters. The lowest BCUT2D eigenvalue weighted by atomic mass is 10.1. The molecule has 3 aromatic heterocycles.